The number of halogens is 2. The van der Waals surface area contributed by atoms with Gasteiger partial charge in [-0.3, -0.25) is 0 Å². The standard InChI is InChI=1S/C16H14F2N4O2S/c17-13-4-1-5-14(18)15(13)25(23,24)22-9-7-21(8-10-22)16-12(11-19)3-2-6-20-16/h1-6H,7-10H2. The molecule has 0 amide bonds. The van der Waals surface area contributed by atoms with Gasteiger partial charge in [0, 0.05) is 32.4 Å². The van der Waals surface area contributed by atoms with Crippen molar-refractivity contribution in [2.75, 3.05) is 31.1 Å². The Bertz CT molecular complexity index is 915. The number of nitrogens with zero attached hydrogens (tertiary/aromatic N) is 4. The van der Waals surface area contributed by atoms with Gasteiger partial charge in [-0.25, -0.2) is 22.2 Å². The lowest BCUT2D eigenvalue weighted by molar-refractivity contribution is 0.377. The number of benzene rings is 1. The Morgan fingerprint density at radius 1 is 1.04 bits per heavy atom. The molecule has 1 aromatic carbocycles. The number of hydrogen-bond acceptors (Lipinski definition) is 5. The second-order valence-corrected chi connectivity index (χ2v) is 7.30. The van der Waals surface area contributed by atoms with Crippen LogP contribution < -0.4 is 4.90 Å². The lowest BCUT2D eigenvalue weighted by Crippen LogP contribution is -2.49. The maximum absolute atomic E-state index is 13.8. The first kappa shape index (κ1) is 17.3. The van der Waals surface area contributed by atoms with Crippen LogP contribution in [0.2, 0.25) is 0 Å². The molecule has 0 aliphatic carbocycles. The third kappa shape index (κ3) is 3.18. The molecule has 0 saturated carbocycles. The second-order valence-electron chi connectivity index (χ2n) is 5.43. The van der Waals surface area contributed by atoms with Crippen molar-refractivity contribution in [3.8, 4) is 6.07 Å². The number of nitriles is 1. The van der Waals surface area contributed by atoms with Crippen LogP contribution in [0, 0.1) is 23.0 Å². The van der Waals surface area contributed by atoms with Gasteiger partial charge in [-0.15, -0.1) is 0 Å². The fraction of sp³-hybridized carbons (Fsp3) is 0.250. The highest BCUT2D eigenvalue weighted by Gasteiger charge is 2.33. The van der Waals surface area contributed by atoms with E-state index in [0.29, 0.717) is 11.4 Å². The first-order chi connectivity index (χ1) is 11.9. The van der Waals surface area contributed by atoms with Crippen LogP contribution in [0.4, 0.5) is 14.6 Å². The second kappa shape index (κ2) is 6.74. The van der Waals surface area contributed by atoms with Crippen LogP contribution in [-0.4, -0.2) is 43.9 Å². The summed E-state index contributed by atoms with van der Waals surface area (Å²) < 4.78 is 53.8. The van der Waals surface area contributed by atoms with E-state index in [1.807, 2.05) is 6.07 Å². The van der Waals surface area contributed by atoms with Crippen LogP contribution in [0.5, 0.6) is 0 Å². The van der Waals surface area contributed by atoms with E-state index in [4.69, 9.17) is 5.26 Å². The average molecular weight is 364 g/mol. The maximum Gasteiger partial charge on any atom is 0.249 e. The summed E-state index contributed by atoms with van der Waals surface area (Å²) in [5.41, 5.74) is 0.388. The van der Waals surface area contributed by atoms with Crippen molar-refractivity contribution in [3.63, 3.8) is 0 Å². The van der Waals surface area contributed by atoms with Crippen molar-refractivity contribution in [1.82, 2.24) is 9.29 Å². The van der Waals surface area contributed by atoms with E-state index < -0.39 is 26.6 Å². The molecule has 0 N–H and O–H groups in total. The zero-order valence-corrected chi connectivity index (χ0v) is 13.9. The summed E-state index contributed by atoms with van der Waals surface area (Å²) in [4.78, 5) is 5.01. The van der Waals surface area contributed by atoms with Crippen molar-refractivity contribution in [2.24, 2.45) is 0 Å². The predicted octanol–water partition coefficient (Wildman–Crippen LogP) is 1.74. The quantitative estimate of drug-likeness (QED) is 0.829. The minimum Gasteiger partial charge on any atom is -0.353 e. The zero-order valence-electron chi connectivity index (χ0n) is 13.1. The number of aromatic nitrogens is 1. The molecular weight excluding hydrogens is 350 g/mol. The molecule has 1 aliphatic rings. The zero-order chi connectivity index (χ0) is 18.0. The van der Waals surface area contributed by atoms with Gasteiger partial charge in [0.1, 0.15) is 23.5 Å². The molecule has 0 spiro atoms. The summed E-state index contributed by atoms with van der Waals surface area (Å²) in [6, 6.07) is 8.26. The largest absolute Gasteiger partial charge is 0.353 e. The molecule has 0 bridgehead atoms. The van der Waals surface area contributed by atoms with Gasteiger partial charge in [-0.05, 0) is 24.3 Å². The van der Waals surface area contributed by atoms with Crippen LogP contribution in [0.25, 0.3) is 0 Å². The molecule has 1 aliphatic heterocycles. The number of pyridine rings is 1. The lowest BCUT2D eigenvalue weighted by atomic mass is 10.2. The Hall–Kier alpha value is -2.57. The first-order valence-electron chi connectivity index (χ1n) is 7.49. The Kier molecular flexibility index (Phi) is 4.65. The summed E-state index contributed by atoms with van der Waals surface area (Å²) >= 11 is 0. The molecule has 2 aromatic rings. The average Bonchev–Trinajstić information content (AvgIpc) is 2.61. The highest BCUT2D eigenvalue weighted by Crippen LogP contribution is 2.25. The molecule has 3 rings (SSSR count). The monoisotopic (exact) mass is 364 g/mol. The fourth-order valence-electron chi connectivity index (χ4n) is 2.73. The molecule has 1 fully saturated rings. The van der Waals surface area contributed by atoms with E-state index in [-0.39, 0.29) is 26.2 Å². The van der Waals surface area contributed by atoms with Gasteiger partial charge in [0.25, 0.3) is 0 Å². The Morgan fingerprint density at radius 2 is 1.68 bits per heavy atom. The van der Waals surface area contributed by atoms with Crippen molar-refractivity contribution < 1.29 is 17.2 Å². The molecule has 9 heteroatoms. The maximum atomic E-state index is 13.8. The van der Waals surface area contributed by atoms with E-state index in [0.717, 1.165) is 22.5 Å². The molecule has 1 saturated heterocycles. The van der Waals surface area contributed by atoms with Gasteiger partial charge < -0.3 is 4.90 Å². The molecule has 2 heterocycles. The lowest BCUT2D eigenvalue weighted by Gasteiger charge is -2.35. The molecule has 25 heavy (non-hydrogen) atoms. The Balaban J connectivity index is 1.82. The molecule has 0 radical (unpaired) electrons. The van der Waals surface area contributed by atoms with Crippen molar-refractivity contribution >= 4 is 15.8 Å². The number of anilines is 1. The van der Waals surface area contributed by atoms with Gasteiger partial charge in [-0.2, -0.15) is 9.57 Å². The Morgan fingerprint density at radius 3 is 2.28 bits per heavy atom. The normalized spacial score (nSPS) is 15.8. The molecule has 0 atom stereocenters. The molecule has 1 aromatic heterocycles. The van der Waals surface area contributed by atoms with E-state index in [2.05, 4.69) is 4.98 Å². The van der Waals surface area contributed by atoms with Crippen molar-refractivity contribution in [2.45, 2.75) is 4.90 Å². The van der Waals surface area contributed by atoms with E-state index in [1.165, 1.54) is 0 Å². The highest BCUT2D eigenvalue weighted by molar-refractivity contribution is 7.89. The van der Waals surface area contributed by atoms with Crippen LogP contribution in [-0.2, 0) is 10.0 Å². The summed E-state index contributed by atoms with van der Waals surface area (Å²) in [7, 11) is -4.27. The topological polar surface area (TPSA) is 77.3 Å². The van der Waals surface area contributed by atoms with Gasteiger partial charge in [0.2, 0.25) is 10.0 Å². The van der Waals surface area contributed by atoms with E-state index >= 15 is 0 Å². The van der Waals surface area contributed by atoms with E-state index in [9.17, 15) is 17.2 Å². The summed E-state index contributed by atoms with van der Waals surface area (Å²) in [6.45, 7) is 0.608. The van der Waals surface area contributed by atoms with Gasteiger partial charge in [-0.1, -0.05) is 6.07 Å². The smallest absolute Gasteiger partial charge is 0.249 e. The molecule has 0 unspecified atom stereocenters. The van der Waals surface area contributed by atoms with Gasteiger partial charge >= 0.3 is 0 Å². The molecular formula is C16H14F2N4O2S. The third-order valence-electron chi connectivity index (χ3n) is 3.96. The minimum atomic E-state index is -4.27. The summed E-state index contributed by atoms with van der Waals surface area (Å²) in [5.74, 6) is -1.75. The highest BCUT2D eigenvalue weighted by atomic mass is 32.2. The molecule has 130 valence electrons. The predicted molar refractivity (Wildman–Crippen MR) is 86.3 cm³/mol. The Labute approximate surface area is 144 Å². The summed E-state index contributed by atoms with van der Waals surface area (Å²) in [6.07, 6.45) is 1.55. The minimum absolute atomic E-state index is 0.0392. The molecule has 6 nitrogen and oxygen atoms in total. The number of rotatable bonds is 3. The fourth-order valence-corrected chi connectivity index (χ4v) is 4.27. The number of piperazine rings is 1. The van der Waals surface area contributed by atoms with Crippen molar-refractivity contribution in [3.05, 3.63) is 53.7 Å². The number of sulfonamides is 1. The SMILES string of the molecule is N#Cc1cccnc1N1CCN(S(=O)(=O)c2c(F)cccc2F)CC1. The van der Waals surface area contributed by atoms with Crippen LogP contribution in [0.1, 0.15) is 5.56 Å². The van der Waals surface area contributed by atoms with Crippen LogP contribution in [0.15, 0.2) is 41.4 Å². The third-order valence-corrected chi connectivity index (χ3v) is 5.91. The van der Waals surface area contributed by atoms with Crippen molar-refractivity contribution in [1.29, 1.82) is 5.26 Å². The van der Waals surface area contributed by atoms with Gasteiger partial charge in [0.15, 0.2) is 4.90 Å². The van der Waals surface area contributed by atoms with E-state index in [1.54, 1.807) is 23.2 Å². The number of hydrogen-bond donors (Lipinski definition) is 0. The van der Waals surface area contributed by atoms with Gasteiger partial charge in [0.05, 0.1) is 5.56 Å². The van der Waals surface area contributed by atoms with Crippen LogP contribution >= 0.6 is 0 Å². The van der Waals surface area contributed by atoms with Crippen LogP contribution in [0.3, 0.4) is 0 Å². The summed E-state index contributed by atoms with van der Waals surface area (Å²) in [5, 5.41) is 9.13. The first-order valence-corrected chi connectivity index (χ1v) is 8.93.